The second kappa shape index (κ2) is 5.25. The van der Waals surface area contributed by atoms with Gasteiger partial charge in [-0.2, -0.15) is 0 Å². The molecule has 1 atom stereocenters. The SMILES string of the molecule is CC(=O)CC(C)Cc1ccc(Br)cn1. The summed E-state index contributed by atoms with van der Waals surface area (Å²) in [6, 6.07) is 3.96. The summed E-state index contributed by atoms with van der Waals surface area (Å²) in [6.07, 6.45) is 3.29. The number of rotatable bonds is 4. The van der Waals surface area contributed by atoms with Crippen molar-refractivity contribution in [1.29, 1.82) is 0 Å². The molecule has 1 aromatic rings. The minimum atomic E-state index is 0.245. The Morgan fingerprint density at radius 2 is 2.29 bits per heavy atom. The lowest BCUT2D eigenvalue weighted by atomic mass is 9.99. The number of nitrogens with zero attached hydrogens (tertiary/aromatic N) is 1. The van der Waals surface area contributed by atoms with Gasteiger partial charge in [0.05, 0.1) is 0 Å². The van der Waals surface area contributed by atoms with Crippen molar-refractivity contribution in [2.45, 2.75) is 26.7 Å². The lowest BCUT2D eigenvalue weighted by molar-refractivity contribution is -0.117. The van der Waals surface area contributed by atoms with Crippen LogP contribution in [0.4, 0.5) is 0 Å². The van der Waals surface area contributed by atoms with E-state index in [1.165, 1.54) is 0 Å². The number of hydrogen-bond acceptors (Lipinski definition) is 2. The molecule has 0 spiro atoms. The van der Waals surface area contributed by atoms with E-state index in [0.29, 0.717) is 12.3 Å². The molecule has 1 aromatic heterocycles. The summed E-state index contributed by atoms with van der Waals surface area (Å²) in [7, 11) is 0. The average molecular weight is 256 g/mol. The summed E-state index contributed by atoms with van der Waals surface area (Å²) in [5, 5.41) is 0. The van der Waals surface area contributed by atoms with Gasteiger partial charge in [0.2, 0.25) is 0 Å². The standard InChI is InChI=1S/C11H14BrNO/c1-8(5-9(2)14)6-11-4-3-10(12)7-13-11/h3-4,7-8H,5-6H2,1-2H3. The molecule has 0 aliphatic rings. The second-order valence-electron chi connectivity index (χ2n) is 3.68. The molecule has 0 aliphatic heterocycles. The maximum Gasteiger partial charge on any atom is 0.130 e. The molecule has 0 N–H and O–H groups in total. The highest BCUT2D eigenvalue weighted by Gasteiger charge is 2.06. The van der Waals surface area contributed by atoms with Gasteiger partial charge in [0.1, 0.15) is 5.78 Å². The minimum absolute atomic E-state index is 0.245. The highest BCUT2D eigenvalue weighted by molar-refractivity contribution is 9.10. The Kier molecular flexibility index (Phi) is 4.26. The molecular weight excluding hydrogens is 242 g/mol. The molecular formula is C11H14BrNO. The molecule has 0 aromatic carbocycles. The van der Waals surface area contributed by atoms with E-state index in [1.54, 1.807) is 13.1 Å². The zero-order chi connectivity index (χ0) is 10.6. The monoisotopic (exact) mass is 255 g/mol. The first-order chi connectivity index (χ1) is 6.58. The van der Waals surface area contributed by atoms with E-state index in [4.69, 9.17) is 0 Å². The molecule has 0 aliphatic carbocycles. The van der Waals surface area contributed by atoms with Crippen LogP contribution in [0.2, 0.25) is 0 Å². The zero-order valence-electron chi connectivity index (χ0n) is 8.46. The Morgan fingerprint density at radius 3 is 2.79 bits per heavy atom. The van der Waals surface area contributed by atoms with Crippen molar-refractivity contribution in [2.24, 2.45) is 5.92 Å². The lowest BCUT2D eigenvalue weighted by Crippen LogP contribution is -2.06. The van der Waals surface area contributed by atoms with Gasteiger partial charge in [-0.1, -0.05) is 6.92 Å². The van der Waals surface area contributed by atoms with Gasteiger partial charge in [-0.15, -0.1) is 0 Å². The van der Waals surface area contributed by atoms with Gasteiger partial charge < -0.3 is 4.79 Å². The van der Waals surface area contributed by atoms with Crippen molar-refractivity contribution in [3.05, 3.63) is 28.5 Å². The largest absolute Gasteiger partial charge is 0.300 e. The smallest absolute Gasteiger partial charge is 0.130 e. The van der Waals surface area contributed by atoms with Crippen molar-refractivity contribution in [1.82, 2.24) is 4.98 Å². The van der Waals surface area contributed by atoms with Crippen LogP contribution < -0.4 is 0 Å². The van der Waals surface area contributed by atoms with E-state index >= 15 is 0 Å². The lowest BCUT2D eigenvalue weighted by Gasteiger charge is -2.08. The molecule has 1 unspecified atom stereocenters. The molecule has 2 nitrogen and oxygen atoms in total. The number of carbonyl (C=O) groups is 1. The van der Waals surface area contributed by atoms with Crippen molar-refractivity contribution in [3.8, 4) is 0 Å². The molecule has 3 heteroatoms. The Bertz CT molecular complexity index is 308. The van der Waals surface area contributed by atoms with Gasteiger partial charge in [-0.25, -0.2) is 0 Å². The van der Waals surface area contributed by atoms with Crippen LogP contribution in [0.3, 0.4) is 0 Å². The van der Waals surface area contributed by atoms with Gasteiger partial charge in [0.15, 0.2) is 0 Å². The Balaban J connectivity index is 2.51. The van der Waals surface area contributed by atoms with Crippen molar-refractivity contribution >= 4 is 21.7 Å². The molecule has 1 heterocycles. The number of carbonyl (C=O) groups excluding carboxylic acids is 1. The molecule has 0 radical (unpaired) electrons. The quantitative estimate of drug-likeness (QED) is 0.828. The molecule has 14 heavy (non-hydrogen) atoms. The maximum absolute atomic E-state index is 10.9. The topological polar surface area (TPSA) is 30.0 Å². The number of pyridine rings is 1. The van der Waals surface area contributed by atoms with Crippen LogP contribution in [0.15, 0.2) is 22.8 Å². The molecule has 0 saturated carbocycles. The van der Waals surface area contributed by atoms with E-state index in [-0.39, 0.29) is 5.78 Å². The fourth-order valence-electron chi connectivity index (χ4n) is 1.45. The first-order valence-corrected chi connectivity index (χ1v) is 5.47. The Hall–Kier alpha value is -0.700. The van der Waals surface area contributed by atoms with E-state index in [2.05, 4.69) is 27.8 Å². The van der Waals surface area contributed by atoms with Crippen LogP contribution in [0.25, 0.3) is 0 Å². The molecule has 76 valence electrons. The van der Waals surface area contributed by atoms with Crippen LogP contribution >= 0.6 is 15.9 Å². The number of ketones is 1. The van der Waals surface area contributed by atoms with Crippen molar-refractivity contribution in [3.63, 3.8) is 0 Å². The van der Waals surface area contributed by atoms with Crippen molar-refractivity contribution < 1.29 is 4.79 Å². The van der Waals surface area contributed by atoms with Gasteiger partial charge in [0, 0.05) is 22.8 Å². The predicted molar refractivity (Wildman–Crippen MR) is 60.1 cm³/mol. The third-order valence-electron chi connectivity index (χ3n) is 1.98. The van der Waals surface area contributed by atoms with Crippen LogP contribution in [0, 0.1) is 5.92 Å². The van der Waals surface area contributed by atoms with Crippen LogP contribution in [-0.2, 0) is 11.2 Å². The average Bonchev–Trinajstić information content (AvgIpc) is 2.07. The Morgan fingerprint density at radius 1 is 1.57 bits per heavy atom. The second-order valence-corrected chi connectivity index (χ2v) is 4.60. The molecule has 0 bridgehead atoms. The normalized spacial score (nSPS) is 12.5. The van der Waals surface area contributed by atoms with Crippen molar-refractivity contribution in [2.75, 3.05) is 0 Å². The van der Waals surface area contributed by atoms with E-state index < -0.39 is 0 Å². The number of hydrogen-bond donors (Lipinski definition) is 0. The maximum atomic E-state index is 10.9. The van der Waals surface area contributed by atoms with Crippen LogP contribution in [0.5, 0.6) is 0 Å². The van der Waals surface area contributed by atoms with E-state index in [9.17, 15) is 4.79 Å². The highest BCUT2D eigenvalue weighted by Crippen LogP contribution is 2.13. The summed E-state index contributed by atoms with van der Waals surface area (Å²) in [5.41, 5.74) is 1.04. The summed E-state index contributed by atoms with van der Waals surface area (Å²) in [4.78, 5) is 15.1. The van der Waals surface area contributed by atoms with Gasteiger partial charge in [-0.3, -0.25) is 4.98 Å². The summed E-state index contributed by atoms with van der Waals surface area (Å²) in [6.45, 7) is 3.70. The first-order valence-electron chi connectivity index (χ1n) is 4.68. The number of Topliss-reactive ketones (excluding diaryl/α,β-unsaturated/α-hetero) is 1. The van der Waals surface area contributed by atoms with Crippen LogP contribution in [0.1, 0.15) is 26.0 Å². The van der Waals surface area contributed by atoms with Gasteiger partial charge in [0.25, 0.3) is 0 Å². The molecule has 1 rings (SSSR count). The summed E-state index contributed by atoms with van der Waals surface area (Å²) < 4.78 is 0.987. The molecule has 0 saturated heterocycles. The summed E-state index contributed by atoms with van der Waals surface area (Å²) >= 11 is 3.34. The third kappa shape index (κ3) is 4.01. The Labute approximate surface area is 92.9 Å². The first kappa shape index (κ1) is 11.4. The predicted octanol–water partition coefficient (Wildman–Crippen LogP) is 3.00. The molecule has 0 amide bonds. The van der Waals surface area contributed by atoms with Crippen LogP contribution in [-0.4, -0.2) is 10.8 Å². The van der Waals surface area contributed by atoms with Gasteiger partial charge in [-0.05, 0) is 47.3 Å². The third-order valence-corrected chi connectivity index (χ3v) is 2.45. The number of aromatic nitrogens is 1. The van der Waals surface area contributed by atoms with E-state index in [1.807, 2.05) is 12.1 Å². The van der Waals surface area contributed by atoms with Gasteiger partial charge >= 0.3 is 0 Å². The molecule has 0 fully saturated rings. The fraction of sp³-hybridized carbons (Fsp3) is 0.455. The number of halogens is 1. The van der Waals surface area contributed by atoms with E-state index in [0.717, 1.165) is 16.6 Å². The zero-order valence-corrected chi connectivity index (χ0v) is 10.0. The summed E-state index contributed by atoms with van der Waals surface area (Å²) in [5.74, 6) is 0.621. The highest BCUT2D eigenvalue weighted by atomic mass is 79.9. The fourth-order valence-corrected chi connectivity index (χ4v) is 1.68. The minimum Gasteiger partial charge on any atom is -0.300 e.